The molecule has 2 N–H and O–H groups in total. The molecule has 1 fully saturated rings. The normalized spacial score (nSPS) is 18.0. The Labute approximate surface area is 168 Å². The number of rotatable bonds is 7. The number of alkyl carbamates (subject to hydrolysis) is 1. The molecule has 1 saturated carbocycles. The highest BCUT2D eigenvalue weighted by molar-refractivity contribution is 5.69. The summed E-state index contributed by atoms with van der Waals surface area (Å²) in [7, 11) is 0. The van der Waals surface area contributed by atoms with E-state index in [4.69, 9.17) is 4.74 Å². The maximum atomic E-state index is 13.7. The minimum absolute atomic E-state index is 0.201. The number of hydrogen-bond acceptors (Lipinski definition) is 3. The van der Waals surface area contributed by atoms with Gasteiger partial charge in [-0.15, -0.1) is 0 Å². The van der Waals surface area contributed by atoms with Gasteiger partial charge >= 0.3 is 6.09 Å². The van der Waals surface area contributed by atoms with Crippen LogP contribution in [0.2, 0.25) is 0 Å². The number of nitrogens with one attached hydrogen (secondary N) is 1. The summed E-state index contributed by atoms with van der Waals surface area (Å²) >= 11 is 0. The predicted octanol–water partition coefficient (Wildman–Crippen LogP) is 6.06. The Morgan fingerprint density at radius 2 is 1.89 bits per heavy atom. The zero-order valence-electron chi connectivity index (χ0n) is 17.8. The summed E-state index contributed by atoms with van der Waals surface area (Å²) in [5.41, 5.74) is 1.48. The Bertz CT molecular complexity index is 696. The van der Waals surface area contributed by atoms with Crippen molar-refractivity contribution in [2.24, 2.45) is 0 Å². The maximum Gasteiger partial charge on any atom is 0.408 e. The van der Waals surface area contributed by atoms with Crippen molar-refractivity contribution >= 4 is 6.09 Å². The molecule has 1 aliphatic carbocycles. The average molecular weight is 392 g/mol. The van der Waals surface area contributed by atoms with E-state index < -0.39 is 23.3 Å². The van der Waals surface area contributed by atoms with Crippen LogP contribution in [0.1, 0.15) is 90.4 Å². The highest BCUT2D eigenvalue weighted by atomic mass is 19.1. The number of halogens is 1. The summed E-state index contributed by atoms with van der Waals surface area (Å²) in [5, 5.41) is 13.5. The molecule has 0 spiro atoms. The molecule has 1 aromatic rings. The molecule has 0 aromatic heterocycles. The Morgan fingerprint density at radius 3 is 2.32 bits per heavy atom. The fourth-order valence-corrected chi connectivity index (χ4v) is 3.61. The molecule has 1 atom stereocenters. The van der Waals surface area contributed by atoms with Crippen molar-refractivity contribution in [3.63, 3.8) is 0 Å². The molecule has 5 heteroatoms. The van der Waals surface area contributed by atoms with Gasteiger partial charge in [-0.3, -0.25) is 0 Å². The highest BCUT2D eigenvalue weighted by Gasteiger charge is 2.41. The molecule has 156 valence electrons. The Balaban J connectivity index is 2.10. The van der Waals surface area contributed by atoms with E-state index in [-0.39, 0.29) is 5.83 Å². The number of aliphatic hydroxyl groups excluding tert-OH is 1. The lowest BCUT2D eigenvalue weighted by molar-refractivity contribution is 0.0377. The van der Waals surface area contributed by atoms with E-state index in [1.54, 1.807) is 0 Å². The molecular weight excluding hydrogens is 357 g/mol. The van der Waals surface area contributed by atoms with Crippen molar-refractivity contribution in [3.8, 4) is 0 Å². The van der Waals surface area contributed by atoms with E-state index in [9.17, 15) is 14.3 Å². The Hall–Kier alpha value is -1.88. The van der Waals surface area contributed by atoms with Gasteiger partial charge in [-0.05, 0) is 70.1 Å². The summed E-state index contributed by atoms with van der Waals surface area (Å²) < 4.78 is 19.1. The lowest BCUT2D eigenvalue weighted by Crippen LogP contribution is -2.52. The van der Waals surface area contributed by atoms with Gasteiger partial charge < -0.3 is 15.2 Å². The summed E-state index contributed by atoms with van der Waals surface area (Å²) in [6, 6.07) is 7.63. The summed E-state index contributed by atoms with van der Waals surface area (Å²) in [4.78, 5) is 12.2. The van der Waals surface area contributed by atoms with Crippen molar-refractivity contribution in [2.45, 2.75) is 90.4 Å². The first kappa shape index (κ1) is 22.4. The standard InChI is InChI=1S/C23H34FNO3/c1-6-8-18(16(2)24)15-20(26)17-9-11-19(12-10-17)23(13-7-14-23)25-21(27)28-22(3,4)5/h9-12,20,26H,6-8,13-15H2,1-5H3,(H,25,27)/b18-16-. The van der Waals surface area contributed by atoms with Gasteiger partial charge in [0.1, 0.15) is 5.60 Å². The second-order valence-electron chi connectivity index (χ2n) is 8.79. The molecular formula is C23H34FNO3. The molecule has 1 aromatic carbocycles. The first-order chi connectivity index (χ1) is 13.1. The predicted molar refractivity (Wildman–Crippen MR) is 110 cm³/mol. The summed E-state index contributed by atoms with van der Waals surface area (Å²) in [6.45, 7) is 8.98. The molecule has 0 bridgehead atoms. The topological polar surface area (TPSA) is 58.6 Å². The number of carbonyl (C=O) groups excluding carboxylic acids is 1. The first-order valence-electron chi connectivity index (χ1n) is 10.2. The lowest BCUT2D eigenvalue weighted by Gasteiger charge is -2.43. The highest BCUT2D eigenvalue weighted by Crippen LogP contribution is 2.42. The number of ether oxygens (including phenoxy) is 1. The molecule has 1 amide bonds. The Morgan fingerprint density at radius 1 is 1.29 bits per heavy atom. The second kappa shape index (κ2) is 9.08. The quantitative estimate of drug-likeness (QED) is 0.594. The molecule has 1 unspecified atom stereocenters. The average Bonchev–Trinajstić information content (AvgIpc) is 2.56. The second-order valence-corrected chi connectivity index (χ2v) is 8.79. The molecule has 0 radical (unpaired) electrons. The fraction of sp³-hybridized carbons (Fsp3) is 0.609. The number of aliphatic hydroxyl groups is 1. The number of carbonyl (C=O) groups is 1. The van der Waals surface area contributed by atoms with Gasteiger partial charge in [-0.2, -0.15) is 0 Å². The Kier molecular flexibility index (Phi) is 7.27. The number of benzene rings is 1. The summed E-state index contributed by atoms with van der Waals surface area (Å²) in [5.74, 6) is -0.201. The van der Waals surface area contributed by atoms with Crippen LogP contribution in [0.15, 0.2) is 35.7 Å². The fourth-order valence-electron chi connectivity index (χ4n) is 3.61. The van der Waals surface area contributed by atoms with Crippen LogP contribution in [0.25, 0.3) is 0 Å². The van der Waals surface area contributed by atoms with Crippen LogP contribution < -0.4 is 5.32 Å². The molecule has 1 aliphatic rings. The summed E-state index contributed by atoms with van der Waals surface area (Å²) in [6.07, 6.45) is 3.41. The van der Waals surface area contributed by atoms with Crippen molar-refractivity contribution in [3.05, 3.63) is 46.8 Å². The zero-order chi connectivity index (χ0) is 20.9. The maximum absolute atomic E-state index is 13.7. The molecule has 0 heterocycles. The van der Waals surface area contributed by atoms with Crippen LogP contribution in [-0.2, 0) is 10.3 Å². The van der Waals surface area contributed by atoms with E-state index in [0.717, 1.165) is 36.8 Å². The van der Waals surface area contributed by atoms with E-state index in [1.165, 1.54) is 6.92 Å². The molecule has 2 rings (SSSR count). The van der Waals surface area contributed by atoms with Crippen molar-refractivity contribution in [1.29, 1.82) is 0 Å². The zero-order valence-corrected chi connectivity index (χ0v) is 17.8. The van der Waals surface area contributed by atoms with Gasteiger partial charge in [0, 0.05) is 6.42 Å². The lowest BCUT2D eigenvalue weighted by atomic mass is 9.71. The number of allylic oxidation sites excluding steroid dienone is 1. The van der Waals surface area contributed by atoms with Crippen molar-refractivity contribution in [2.75, 3.05) is 0 Å². The van der Waals surface area contributed by atoms with E-state index in [0.29, 0.717) is 18.4 Å². The molecule has 0 saturated heterocycles. The third kappa shape index (κ3) is 5.81. The van der Waals surface area contributed by atoms with E-state index in [1.807, 2.05) is 52.0 Å². The van der Waals surface area contributed by atoms with Crippen molar-refractivity contribution in [1.82, 2.24) is 5.32 Å². The van der Waals surface area contributed by atoms with Crippen LogP contribution in [0.5, 0.6) is 0 Å². The first-order valence-corrected chi connectivity index (χ1v) is 10.2. The smallest absolute Gasteiger partial charge is 0.408 e. The van der Waals surface area contributed by atoms with Gasteiger partial charge in [0.05, 0.1) is 17.5 Å². The van der Waals surface area contributed by atoms with Crippen molar-refractivity contribution < 1.29 is 19.0 Å². The van der Waals surface area contributed by atoms with Gasteiger partial charge in [-0.25, -0.2) is 9.18 Å². The van der Waals surface area contributed by atoms with Gasteiger partial charge in [-0.1, -0.05) is 37.6 Å². The SMILES string of the molecule is CCC/C(CC(O)c1ccc(C2(NC(=O)OC(C)(C)C)CCC2)cc1)=C(\C)F. The van der Waals surface area contributed by atoms with E-state index >= 15 is 0 Å². The van der Waals surface area contributed by atoms with Crippen LogP contribution in [0.4, 0.5) is 9.18 Å². The van der Waals surface area contributed by atoms with Gasteiger partial charge in [0.15, 0.2) is 0 Å². The van der Waals surface area contributed by atoms with Crippen LogP contribution in [0.3, 0.4) is 0 Å². The minimum atomic E-state index is -0.738. The van der Waals surface area contributed by atoms with Gasteiger partial charge in [0.25, 0.3) is 0 Å². The van der Waals surface area contributed by atoms with Crippen LogP contribution in [-0.4, -0.2) is 16.8 Å². The molecule has 0 aliphatic heterocycles. The van der Waals surface area contributed by atoms with E-state index in [2.05, 4.69) is 5.32 Å². The van der Waals surface area contributed by atoms with Crippen LogP contribution in [0, 0.1) is 0 Å². The number of amides is 1. The molecule has 4 nitrogen and oxygen atoms in total. The monoisotopic (exact) mass is 391 g/mol. The van der Waals surface area contributed by atoms with Gasteiger partial charge in [0.2, 0.25) is 0 Å². The number of hydrogen-bond donors (Lipinski definition) is 2. The molecule has 28 heavy (non-hydrogen) atoms. The third-order valence-electron chi connectivity index (χ3n) is 5.27. The van der Waals surface area contributed by atoms with Crippen LogP contribution >= 0.6 is 0 Å². The minimum Gasteiger partial charge on any atom is -0.444 e. The third-order valence-corrected chi connectivity index (χ3v) is 5.27. The largest absolute Gasteiger partial charge is 0.444 e.